The topological polar surface area (TPSA) is 78.8 Å². The number of aryl methyl sites for hydroxylation is 2. The molecule has 4 rings (SSSR count). The second-order valence-electron chi connectivity index (χ2n) is 7.79. The van der Waals surface area contributed by atoms with Gasteiger partial charge in [0.25, 0.3) is 0 Å². The summed E-state index contributed by atoms with van der Waals surface area (Å²) < 4.78 is 32.5. The first-order valence-corrected chi connectivity index (χ1v) is 10.3. The maximum atomic E-state index is 14.0. The Morgan fingerprint density at radius 1 is 0.969 bits per heavy atom. The number of ketones is 1. The molecule has 7 heteroatoms. The lowest BCUT2D eigenvalue weighted by molar-refractivity contribution is 0.0000106. The zero-order valence-corrected chi connectivity index (χ0v) is 17.3. The molecular weight excluding hydrogens is 416 g/mol. The quantitative estimate of drug-likeness (QED) is 0.520. The van der Waals surface area contributed by atoms with Crippen molar-refractivity contribution in [1.82, 2.24) is 0 Å². The van der Waals surface area contributed by atoms with Crippen molar-refractivity contribution < 1.29 is 28.5 Å². The maximum absolute atomic E-state index is 14.0. The van der Waals surface area contributed by atoms with Crippen LogP contribution in [0.1, 0.15) is 32.6 Å². The van der Waals surface area contributed by atoms with E-state index in [9.17, 15) is 18.7 Å². The van der Waals surface area contributed by atoms with Gasteiger partial charge in [-0.05, 0) is 59.9 Å². The predicted octanol–water partition coefficient (Wildman–Crippen LogP) is 3.91. The minimum absolute atomic E-state index is 0.0301. The van der Waals surface area contributed by atoms with Crippen LogP contribution in [-0.4, -0.2) is 35.3 Å². The summed E-state index contributed by atoms with van der Waals surface area (Å²) in [4.78, 5) is 13.1. The first kappa shape index (κ1) is 22.1. The Hall–Kier alpha value is -3.13. The molecule has 1 aliphatic rings. The van der Waals surface area contributed by atoms with Crippen LogP contribution in [-0.2, 0) is 24.2 Å². The summed E-state index contributed by atoms with van der Waals surface area (Å²) in [6.07, 6.45) is 0.358. The van der Waals surface area contributed by atoms with Crippen molar-refractivity contribution in [3.63, 3.8) is 0 Å². The molecule has 3 aromatic carbocycles. The fraction of sp³-hybridized carbons (Fsp3) is 0.240. The van der Waals surface area contributed by atoms with Gasteiger partial charge in [-0.25, -0.2) is 8.78 Å². The molecule has 3 N–H and O–H groups in total. The smallest absolute Gasteiger partial charge is 0.193 e. The lowest BCUT2D eigenvalue weighted by Crippen LogP contribution is -2.19. The zero-order valence-electron chi connectivity index (χ0n) is 17.3. The Bertz CT molecular complexity index is 1150. The Labute approximate surface area is 184 Å². The average molecular weight is 439 g/mol. The molecule has 0 amide bonds. The number of anilines is 2. The van der Waals surface area contributed by atoms with Gasteiger partial charge in [0, 0.05) is 22.9 Å². The number of nitrogens with one attached hydrogen (secondary N) is 1. The van der Waals surface area contributed by atoms with Crippen LogP contribution in [0.3, 0.4) is 0 Å². The molecule has 0 bridgehead atoms. The molecule has 5 nitrogen and oxygen atoms in total. The van der Waals surface area contributed by atoms with Crippen molar-refractivity contribution in [2.24, 2.45) is 0 Å². The number of benzene rings is 3. The number of fused-ring (bicyclic) bond motifs is 2. The molecule has 0 unspecified atom stereocenters. The van der Waals surface area contributed by atoms with Gasteiger partial charge >= 0.3 is 0 Å². The third kappa shape index (κ3) is 4.85. The molecule has 1 aliphatic carbocycles. The van der Waals surface area contributed by atoms with E-state index in [1.807, 2.05) is 18.2 Å². The van der Waals surface area contributed by atoms with Crippen LogP contribution in [0.15, 0.2) is 54.6 Å². The van der Waals surface area contributed by atoms with Crippen molar-refractivity contribution in [1.29, 1.82) is 0 Å². The molecule has 0 radical (unpaired) electrons. The van der Waals surface area contributed by atoms with Crippen LogP contribution in [0.2, 0.25) is 0 Å². The second kappa shape index (κ2) is 9.56. The molecule has 0 aliphatic heterocycles. The minimum atomic E-state index is -0.918. The second-order valence-corrected chi connectivity index (χ2v) is 7.79. The van der Waals surface area contributed by atoms with Gasteiger partial charge < -0.3 is 20.3 Å². The summed E-state index contributed by atoms with van der Waals surface area (Å²) in [5.74, 6) is -1.41. The van der Waals surface area contributed by atoms with Crippen LogP contribution < -0.4 is 5.32 Å². The molecule has 0 fully saturated rings. The highest BCUT2D eigenvalue weighted by molar-refractivity contribution is 6.11. The van der Waals surface area contributed by atoms with Gasteiger partial charge in [-0.1, -0.05) is 18.2 Å². The molecular formula is C25H23F2NO4. The molecule has 0 saturated heterocycles. The molecule has 0 saturated carbocycles. The zero-order chi connectivity index (χ0) is 22.7. The summed E-state index contributed by atoms with van der Waals surface area (Å²) in [7, 11) is 0. The van der Waals surface area contributed by atoms with E-state index in [0.717, 1.165) is 22.8 Å². The number of carbonyl (C=O) groups excluding carboxylic acids is 1. The van der Waals surface area contributed by atoms with Gasteiger partial charge in [0.1, 0.15) is 17.7 Å². The van der Waals surface area contributed by atoms with Crippen molar-refractivity contribution >= 4 is 17.2 Å². The van der Waals surface area contributed by atoms with Crippen LogP contribution in [0, 0.1) is 11.6 Å². The molecule has 0 aromatic heterocycles. The molecule has 1 atom stereocenters. The first-order chi connectivity index (χ1) is 15.4. The Morgan fingerprint density at radius 2 is 1.69 bits per heavy atom. The molecule has 0 heterocycles. The first-order valence-electron chi connectivity index (χ1n) is 10.3. The lowest BCUT2D eigenvalue weighted by Gasteiger charge is -2.11. The normalized spacial score (nSPS) is 13.8. The van der Waals surface area contributed by atoms with Gasteiger partial charge in [0.15, 0.2) is 5.78 Å². The summed E-state index contributed by atoms with van der Waals surface area (Å²) in [6, 6.07) is 14.1. The third-order valence-corrected chi connectivity index (χ3v) is 5.43. The van der Waals surface area contributed by atoms with E-state index in [0.29, 0.717) is 29.7 Å². The largest absolute Gasteiger partial charge is 0.394 e. The van der Waals surface area contributed by atoms with E-state index in [-0.39, 0.29) is 31.3 Å². The van der Waals surface area contributed by atoms with Crippen LogP contribution in [0.4, 0.5) is 20.2 Å². The molecule has 166 valence electrons. The standard InChI is InChI=1S/C25H23F2NO4/c26-18-4-8-24(23(27)11-18)28-19-5-7-22-17(10-19)3-2-16-9-15(1-6-21(16)25(22)31)13-32-14-20(30)12-29/h1,4-11,20,28-30H,2-3,12-14H2/t20-/m0/s1. The average Bonchev–Trinajstić information content (AvgIpc) is 2.92. The Kier molecular flexibility index (Phi) is 6.60. The van der Waals surface area contributed by atoms with E-state index < -0.39 is 17.7 Å². The van der Waals surface area contributed by atoms with E-state index >= 15 is 0 Å². The number of hydrogen-bond acceptors (Lipinski definition) is 5. The predicted molar refractivity (Wildman–Crippen MR) is 116 cm³/mol. The third-order valence-electron chi connectivity index (χ3n) is 5.43. The fourth-order valence-electron chi connectivity index (χ4n) is 3.79. The Balaban J connectivity index is 1.52. The fourth-order valence-corrected chi connectivity index (χ4v) is 3.79. The van der Waals surface area contributed by atoms with Gasteiger partial charge in [-0.3, -0.25) is 4.79 Å². The summed E-state index contributed by atoms with van der Waals surface area (Å²) in [5, 5.41) is 21.2. The molecule has 32 heavy (non-hydrogen) atoms. The number of carbonyl (C=O) groups is 1. The highest BCUT2D eigenvalue weighted by atomic mass is 19.1. The van der Waals surface area contributed by atoms with E-state index in [2.05, 4.69) is 5.32 Å². The number of halogens is 2. The Morgan fingerprint density at radius 3 is 2.41 bits per heavy atom. The van der Waals surface area contributed by atoms with Crippen molar-refractivity contribution in [2.75, 3.05) is 18.5 Å². The van der Waals surface area contributed by atoms with Crippen LogP contribution in [0.5, 0.6) is 0 Å². The van der Waals surface area contributed by atoms with Crippen molar-refractivity contribution in [3.05, 3.63) is 94.0 Å². The van der Waals surface area contributed by atoms with Gasteiger partial charge in [-0.2, -0.15) is 0 Å². The summed E-state index contributed by atoms with van der Waals surface area (Å²) in [6.45, 7) is -0.0627. The van der Waals surface area contributed by atoms with E-state index in [1.54, 1.807) is 18.2 Å². The summed E-state index contributed by atoms with van der Waals surface area (Å²) in [5.41, 5.74) is 4.64. The lowest BCUT2D eigenvalue weighted by atomic mass is 9.97. The highest BCUT2D eigenvalue weighted by Gasteiger charge is 2.22. The number of ether oxygens (including phenoxy) is 1. The minimum Gasteiger partial charge on any atom is -0.394 e. The molecule has 0 spiro atoms. The summed E-state index contributed by atoms with van der Waals surface area (Å²) >= 11 is 0. The SMILES string of the molecule is O=C1c2ccc(COC[C@@H](O)CO)cc2CCc2cc(Nc3ccc(F)cc3F)ccc21. The highest BCUT2D eigenvalue weighted by Crippen LogP contribution is 2.29. The van der Waals surface area contributed by atoms with Crippen LogP contribution >= 0.6 is 0 Å². The van der Waals surface area contributed by atoms with Crippen molar-refractivity contribution in [3.8, 4) is 0 Å². The van der Waals surface area contributed by atoms with Gasteiger partial charge in [-0.15, -0.1) is 0 Å². The maximum Gasteiger partial charge on any atom is 0.193 e. The van der Waals surface area contributed by atoms with E-state index in [1.165, 1.54) is 12.1 Å². The monoisotopic (exact) mass is 439 g/mol. The molecule has 3 aromatic rings. The number of rotatable bonds is 7. The number of hydrogen-bond donors (Lipinski definition) is 3. The van der Waals surface area contributed by atoms with Gasteiger partial charge in [0.05, 0.1) is 25.5 Å². The number of aliphatic hydroxyl groups excluding tert-OH is 2. The number of aliphatic hydroxyl groups is 2. The van der Waals surface area contributed by atoms with Crippen molar-refractivity contribution in [2.45, 2.75) is 25.6 Å². The van der Waals surface area contributed by atoms with E-state index in [4.69, 9.17) is 9.84 Å². The van der Waals surface area contributed by atoms with Crippen LogP contribution in [0.25, 0.3) is 0 Å². The van der Waals surface area contributed by atoms with Gasteiger partial charge in [0.2, 0.25) is 0 Å².